The second-order valence-corrected chi connectivity index (χ2v) is 4.28. The summed E-state index contributed by atoms with van der Waals surface area (Å²) < 4.78 is 1.14. The van der Waals surface area contributed by atoms with Gasteiger partial charge in [-0.3, -0.25) is 0 Å². The van der Waals surface area contributed by atoms with Gasteiger partial charge in [-0.15, -0.1) is 11.3 Å². The first-order chi connectivity index (χ1) is 6.81. The lowest BCUT2D eigenvalue weighted by Gasteiger charge is -1.93. The monoisotopic (exact) mass is 200 g/mol. The highest BCUT2D eigenvalue weighted by Crippen LogP contribution is 2.19. The van der Waals surface area contributed by atoms with Crippen molar-refractivity contribution in [2.24, 2.45) is 0 Å². The molecule has 0 saturated carbocycles. The molecule has 1 aromatic heterocycles. The van der Waals surface area contributed by atoms with Gasteiger partial charge in [0.2, 0.25) is 0 Å². The number of rotatable bonds is 1. The highest BCUT2D eigenvalue weighted by Gasteiger charge is 1.98. The van der Waals surface area contributed by atoms with E-state index in [9.17, 15) is 0 Å². The van der Waals surface area contributed by atoms with Crippen LogP contribution in [0.3, 0.4) is 0 Å². The Morgan fingerprint density at radius 3 is 2.50 bits per heavy atom. The molecule has 1 heterocycles. The number of benzene rings is 1. The van der Waals surface area contributed by atoms with E-state index < -0.39 is 0 Å². The van der Waals surface area contributed by atoms with Gasteiger partial charge in [-0.25, -0.2) is 0 Å². The maximum absolute atomic E-state index is 4.02. The van der Waals surface area contributed by atoms with Crippen molar-refractivity contribution in [3.05, 3.63) is 46.1 Å². The standard InChI is InChI=1S/C13H12S/c1-3-11-9-13(14-10(11)2)12-7-5-4-6-8-12/h3-9H,2H2,1H3/b11-3-. The molecule has 0 aliphatic rings. The van der Waals surface area contributed by atoms with Crippen LogP contribution in [0.15, 0.2) is 36.4 Å². The first-order valence-corrected chi connectivity index (χ1v) is 5.43. The summed E-state index contributed by atoms with van der Waals surface area (Å²) in [4.78, 5) is 1.30. The van der Waals surface area contributed by atoms with Crippen molar-refractivity contribution in [2.75, 3.05) is 0 Å². The fourth-order valence-electron chi connectivity index (χ4n) is 1.43. The molecule has 0 fully saturated rings. The smallest absolute Gasteiger partial charge is 0.0354 e. The third-order valence-corrected chi connectivity index (χ3v) is 3.27. The predicted molar refractivity (Wildman–Crippen MR) is 64.7 cm³/mol. The Morgan fingerprint density at radius 2 is 1.93 bits per heavy atom. The summed E-state index contributed by atoms with van der Waals surface area (Å²) >= 11 is 1.75. The normalized spacial score (nSPS) is 11.9. The van der Waals surface area contributed by atoms with Crippen molar-refractivity contribution in [3.63, 3.8) is 0 Å². The van der Waals surface area contributed by atoms with E-state index in [2.05, 4.69) is 43.0 Å². The molecule has 0 nitrogen and oxygen atoms in total. The van der Waals surface area contributed by atoms with Crippen LogP contribution < -0.4 is 9.75 Å². The molecule has 0 aliphatic heterocycles. The minimum atomic E-state index is 1.14. The zero-order chi connectivity index (χ0) is 9.97. The minimum Gasteiger partial charge on any atom is -0.136 e. The van der Waals surface area contributed by atoms with E-state index in [1.165, 1.54) is 15.7 Å². The van der Waals surface area contributed by atoms with E-state index in [4.69, 9.17) is 0 Å². The molecule has 14 heavy (non-hydrogen) atoms. The Balaban J connectivity index is 2.60. The largest absolute Gasteiger partial charge is 0.136 e. The van der Waals surface area contributed by atoms with Gasteiger partial charge >= 0.3 is 0 Å². The van der Waals surface area contributed by atoms with Gasteiger partial charge in [-0.2, -0.15) is 0 Å². The van der Waals surface area contributed by atoms with Crippen LogP contribution in [-0.4, -0.2) is 0 Å². The number of hydrogen-bond acceptors (Lipinski definition) is 1. The van der Waals surface area contributed by atoms with E-state index in [1.807, 2.05) is 13.0 Å². The summed E-state index contributed by atoms with van der Waals surface area (Å²) in [5, 5.41) is 1.24. The Kier molecular flexibility index (Phi) is 2.51. The maximum Gasteiger partial charge on any atom is 0.0354 e. The van der Waals surface area contributed by atoms with E-state index in [0.29, 0.717) is 0 Å². The summed E-state index contributed by atoms with van der Waals surface area (Å²) in [5.74, 6) is 0. The molecule has 0 unspecified atom stereocenters. The van der Waals surface area contributed by atoms with Gasteiger partial charge in [0.25, 0.3) is 0 Å². The van der Waals surface area contributed by atoms with Crippen LogP contribution >= 0.6 is 11.3 Å². The van der Waals surface area contributed by atoms with E-state index >= 15 is 0 Å². The molecule has 0 aliphatic carbocycles. The highest BCUT2D eigenvalue weighted by molar-refractivity contribution is 7.13. The number of thiophene rings is 1. The summed E-state index contributed by atoms with van der Waals surface area (Å²) in [6.07, 6.45) is 2.10. The average molecular weight is 200 g/mol. The third-order valence-electron chi connectivity index (χ3n) is 2.21. The molecule has 70 valence electrons. The molecule has 1 heteroatoms. The van der Waals surface area contributed by atoms with Gasteiger partial charge in [0, 0.05) is 9.41 Å². The van der Waals surface area contributed by atoms with Crippen LogP contribution in [0.25, 0.3) is 23.1 Å². The fourth-order valence-corrected chi connectivity index (χ4v) is 2.43. The minimum absolute atomic E-state index is 1.14. The van der Waals surface area contributed by atoms with Gasteiger partial charge in [-0.05, 0) is 23.8 Å². The molecular formula is C13H12S. The maximum atomic E-state index is 4.02. The van der Waals surface area contributed by atoms with Crippen molar-refractivity contribution in [1.82, 2.24) is 0 Å². The second kappa shape index (κ2) is 3.81. The van der Waals surface area contributed by atoms with Gasteiger partial charge in [0.1, 0.15) is 0 Å². The van der Waals surface area contributed by atoms with Crippen LogP contribution in [0.2, 0.25) is 0 Å². The van der Waals surface area contributed by atoms with E-state index in [0.717, 1.165) is 4.53 Å². The molecule has 0 amide bonds. The van der Waals surface area contributed by atoms with Gasteiger partial charge in [0.15, 0.2) is 0 Å². The Morgan fingerprint density at radius 1 is 1.21 bits per heavy atom. The molecule has 0 spiro atoms. The molecular weight excluding hydrogens is 188 g/mol. The van der Waals surface area contributed by atoms with Crippen molar-refractivity contribution in [3.8, 4) is 10.4 Å². The Hall–Kier alpha value is -1.34. The molecule has 0 N–H and O–H groups in total. The third kappa shape index (κ3) is 1.64. The second-order valence-electron chi connectivity index (χ2n) is 3.14. The molecule has 0 bridgehead atoms. The van der Waals surface area contributed by atoms with Crippen molar-refractivity contribution in [1.29, 1.82) is 0 Å². The van der Waals surface area contributed by atoms with Gasteiger partial charge in [0.05, 0.1) is 0 Å². The van der Waals surface area contributed by atoms with E-state index in [1.54, 1.807) is 11.3 Å². The van der Waals surface area contributed by atoms with Crippen LogP contribution in [0, 0.1) is 0 Å². The van der Waals surface area contributed by atoms with Crippen molar-refractivity contribution in [2.45, 2.75) is 6.92 Å². The summed E-state index contributed by atoms with van der Waals surface area (Å²) in [6.45, 7) is 6.07. The van der Waals surface area contributed by atoms with Crippen molar-refractivity contribution < 1.29 is 0 Å². The summed E-state index contributed by atoms with van der Waals surface area (Å²) in [7, 11) is 0. The fraction of sp³-hybridized carbons (Fsp3) is 0.0769. The van der Waals surface area contributed by atoms with E-state index in [-0.39, 0.29) is 0 Å². The first-order valence-electron chi connectivity index (χ1n) is 4.62. The van der Waals surface area contributed by atoms with Crippen LogP contribution in [0.5, 0.6) is 0 Å². The Labute approximate surface area is 87.8 Å². The molecule has 1 aromatic carbocycles. The van der Waals surface area contributed by atoms with Crippen LogP contribution in [0.4, 0.5) is 0 Å². The highest BCUT2D eigenvalue weighted by atomic mass is 32.1. The molecule has 2 rings (SSSR count). The predicted octanol–water partition coefficient (Wildman–Crippen LogP) is 2.63. The SMILES string of the molecule is C=c1sc(-c2ccccc2)c/c1=C/C. The molecule has 2 aromatic rings. The molecule has 0 radical (unpaired) electrons. The number of hydrogen-bond donors (Lipinski definition) is 0. The lowest BCUT2D eigenvalue weighted by Crippen LogP contribution is -2.14. The zero-order valence-corrected chi connectivity index (χ0v) is 8.97. The zero-order valence-electron chi connectivity index (χ0n) is 8.16. The summed E-state index contributed by atoms with van der Waals surface area (Å²) in [6, 6.07) is 12.6. The lowest BCUT2D eigenvalue weighted by atomic mass is 10.2. The molecule has 0 saturated heterocycles. The lowest BCUT2D eigenvalue weighted by molar-refractivity contribution is 1.66. The average Bonchev–Trinajstić information content (AvgIpc) is 2.61. The van der Waals surface area contributed by atoms with Gasteiger partial charge < -0.3 is 0 Å². The first kappa shape index (κ1) is 9.22. The summed E-state index contributed by atoms with van der Waals surface area (Å²) in [5.41, 5.74) is 1.27. The van der Waals surface area contributed by atoms with Gasteiger partial charge in [-0.1, -0.05) is 43.0 Å². The molecule has 0 atom stereocenters. The Bertz CT molecular complexity index is 520. The topological polar surface area (TPSA) is 0 Å². The van der Waals surface area contributed by atoms with Crippen molar-refractivity contribution >= 4 is 24.0 Å². The van der Waals surface area contributed by atoms with Crippen LogP contribution in [0.1, 0.15) is 6.92 Å². The van der Waals surface area contributed by atoms with Crippen LogP contribution in [-0.2, 0) is 0 Å². The quantitative estimate of drug-likeness (QED) is 0.664.